The molecule has 2 N–H and O–H groups in total. The van der Waals surface area contributed by atoms with Crippen LogP contribution in [0.1, 0.15) is 24.2 Å². The highest BCUT2D eigenvalue weighted by Gasteiger charge is 2.28. The first-order chi connectivity index (χ1) is 9.82. The van der Waals surface area contributed by atoms with E-state index in [0.717, 1.165) is 0 Å². The van der Waals surface area contributed by atoms with Crippen LogP contribution in [0.5, 0.6) is 0 Å². The number of rotatable bonds is 5. The standard InChI is InChI=1S/C14H14N2O5/c1-7(8(2)14(18)19)13(17)11-6-15-12-4-3-9(16(20)21)5-10(11)12/h3-8,15H,1-2H3,(H,18,19). The Morgan fingerprint density at radius 2 is 1.95 bits per heavy atom. The van der Waals surface area contributed by atoms with Crippen LogP contribution in [-0.2, 0) is 4.79 Å². The number of Topliss-reactive ketones (excluding diaryl/α,β-unsaturated/α-hetero) is 1. The fourth-order valence-electron chi connectivity index (χ4n) is 2.11. The topological polar surface area (TPSA) is 113 Å². The van der Waals surface area contributed by atoms with Gasteiger partial charge in [-0.25, -0.2) is 0 Å². The van der Waals surface area contributed by atoms with Crippen LogP contribution in [0.4, 0.5) is 5.69 Å². The number of carboxylic acid groups (broad SMARTS) is 1. The zero-order valence-electron chi connectivity index (χ0n) is 11.5. The first-order valence-corrected chi connectivity index (χ1v) is 6.35. The van der Waals surface area contributed by atoms with E-state index < -0.39 is 22.7 Å². The number of aromatic amines is 1. The first kappa shape index (κ1) is 14.7. The van der Waals surface area contributed by atoms with Crippen LogP contribution in [0.15, 0.2) is 24.4 Å². The third-order valence-electron chi connectivity index (χ3n) is 3.69. The average molecular weight is 290 g/mol. The van der Waals surface area contributed by atoms with Crippen LogP contribution >= 0.6 is 0 Å². The van der Waals surface area contributed by atoms with Crippen LogP contribution in [-0.4, -0.2) is 26.8 Å². The number of fused-ring (bicyclic) bond motifs is 1. The summed E-state index contributed by atoms with van der Waals surface area (Å²) in [5, 5.41) is 20.2. The second-order valence-corrected chi connectivity index (χ2v) is 4.97. The van der Waals surface area contributed by atoms with E-state index in [-0.39, 0.29) is 17.0 Å². The summed E-state index contributed by atoms with van der Waals surface area (Å²) in [6.07, 6.45) is 1.46. The van der Waals surface area contributed by atoms with Gasteiger partial charge in [-0.15, -0.1) is 0 Å². The molecule has 1 heterocycles. The third-order valence-corrected chi connectivity index (χ3v) is 3.69. The minimum Gasteiger partial charge on any atom is -0.481 e. The Bertz CT molecular complexity index is 734. The Kier molecular flexibility index (Phi) is 3.75. The first-order valence-electron chi connectivity index (χ1n) is 6.35. The number of hydrogen-bond donors (Lipinski definition) is 2. The zero-order valence-corrected chi connectivity index (χ0v) is 11.5. The Labute approximate surface area is 119 Å². The number of carboxylic acids is 1. The lowest BCUT2D eigenvalue weighted by atomic mass is 9.88. The lowest BCUT2D eigenvalue weighted by Crippen LogP contribution is -2.25. The molecule has 1 aromatic carbocycles. The van der Waals surface area contributed by atoms with Crippen molar-refractivity contribution < 1.29 is 19.6 Å². The van der Waals surface area contributed by atoms with E-state index in [0.29, 0.717) is 10.9 Å². The number of nitrogens with one attached hydrogen (secondary N) is 1. The van der Waals surface area contributed by atoms with Gasteiger partial charge in [0.1, 0.15) is 0 Å². The Hall–Kier alpha value is -2.70. The number of non-ortho nitro benzene ring substituents is 1. The van der Waals surface area contributed by atoms with Gasteiger partial charge in [0.2, 0.25) is 0 Å². The van der Waals surface area contributed by atoms with Crippen LogP contribution in [0.25, 0.3) is 10.9 Å². The highest BCUT2D eigenvalue weighted by Crippen LogP contribution is 2.27. The SMILES string of the molecule is CC(C(=O)O)C(C)C(=O)c1c[nH]c2ccc([N+](=O)[O-])cc12. The van der Waals surface area contributed by atoms with Gasteiger partial charge in [0.15, 0.2) is 5.78 Å². The van der Waals surface area contributed by atoms with Crippen molar-refractivity contribution in [3.63, 3.8) is 0 Å². The second kappa shape index (κ2) is 5.35. The summed E-state index contributed by atoms with van der Waals surface area (Å²) in [6.45, 7) is 3.00. The van der Waals surface area contributed by atoms with Gasteiger partial charge in [-0.05, 0) is 6.07 Å². The van der Waals surface area contributed by atoms with E-state index >= 15 is 0 Å². The molecule has 2 atom stereocenters. The molecule has 0 saturated carbocycles. The molecular weight excluding hydrogens is 276 g/mol. The summed E-state index contributed by atoms with van der Waals surface area (Å²) < 4.78 is 0. The molecule has 1 aromatic heterocycles. The van der Waals surface area contributed by atoms with Crippen molar-refractivity contribution >= 4 is 28.3 Å². The van der Waals surface area contributed by atoms with E-state index in [4.69, 9.17) is 5.11 Å². The van der Waals surface area contributed by atoms with E-state index in [1.165, 1.54) is 38.2 Å². The number of carbonyl (C=O) groups is 2. The van der Waals surface area contributed by atoms with Gasteiger partial charge >= 0.3 is 5.97 Å². The highest BCUT2D eigenvalue weighted by atomic mass is 16.6. The number of nitro benzene ring substituents is 1. The molecule has 0 aliphatic carbocycles. The number of benzene rings is 1. The highest BCUT2D eigenvalue weighted by molar-refractivity contribution is 6.10. The molecule has 0 aliphatic rings. The van der Waals surface area contributed by atoms with Crippen molar-refractivity contribution in [2.75, 3.05) is 0 Å². The van der Waals surface area contributed by atoms with Crippen LogP contribution < -0.4 is 0 Å². The minimum atomic E-state index is -1.05. The maximum absolute atomic E-state index is 12.4. The average Bonchev–Trinajstić information content (AvgIpc) is 2.87. The molecule has 0 fully saturated rings. The Morgan fingerprint density at radius 1 is 1.29 bits per heavy atom. The fraction of sp³-hybridized carbons (Fsp3) is 0.286. The van der Waals surface area contributed by atoms with Crippen LogP contribution in [0, 0.1) is 22.0 Å². The van der Waals surface area contributed by atoms with Crippen molar-refractivity contribution in [2.24, 2.45) is 11.8 Å². The quantitative estimate of drug-likeness (QED) is 0.499. The molecular formula is C14H14N2O5. The smallest absolute Gasteiger partial charge is 0.306 e. The lowest BCUT2D eigenvalue weighted by Gasteiger charge is -2.14. The predicted molar refractivity (Wildman–Crippen MR) is 75.2 cm³/mol. The molecule has 2 rings (SSSR count). The van der Waals surface area contributed by atoms with Crippen molar-refractivity contribution in [3.8, 4) is 0 Å². The largest absolute Gasteiger partial charge is 0.481 e. The van der Waals surface area contributed by atoms with E-state index in [1.807, 2.05) is 0 Å². The second-order valence-electron chi connectivity index (χ2n) is 4.97. The van der Waals surface area contributed by atoms with E-state index in [9.17, 15) is 19.7 Å². The van der Waals surface area contributed by atoms with Gasteiger partial charge < -0.3 is 10.1 Å². The van der Waals surface area contributed by atoms with E-state index in [2.05, 4.69) is 4.98 Å². The van der Waals surface area contributed by atoms with Gasteiger partial charge in [0, 0.05) is 40.7 Å². The molecule has 110 valence electrons. The Morgan fingerprint density at radius 3 is 2.52 bits per heavy atom. The molecule has 0 radical (unpaired) electrons. The normalized spacial score (nSPS) is 13.8. The number of hydrogen-bond acceptors (Lipinski definition) is 4. The number of nitro groups is 1. The van der Waals surface area contributed by atoms with Crippen molar-refractivity contribution in [1.82, 2.24) is 4.98 Å². The lowest BCUT2D eigenvalue weighted by molar-refractivity contribution is -0.384. The minimum absolute atomic E-state index is 0.116. The summed E-state index contributed by atoms with van der Waals surface area (Å²) in [5.74, 6) is -2.96. The molecule has 2 unspecified atom stereocenters. The van der Waals surface area contributed by atoms with E-state index in [1.54, 1.807) is 0 Å². The van der Waals surface area contributed by atoms with Gasteiger partial charge in [-0.2, -0.15) is 0 Å². The fourth-order valence-corrected chi connectivity index (χ4v) is 2.11. The summed E-state index contributed by atoms with van der Waals surface area (Å²) in [6, 6.07) is 4.18. The molecule has 21 heavy (non-hydrogen) atoms. The molecule has 7 nitrogen and oxygen atoms in total. The number of H-pyrrole nitrogens is 1. The number of nitrogens with zero attached hydrogens (tertiary/aromatic N) is 1. The summed E-state index contributed by atoms with van der Waals surface area (Å²) in [4.78, 5) is 36.5. The molecule has 7 heteroatoms. The number of ketones is 1. The molecule has 0 aliphatic heterocycles. The number of carbonyl (C=O) groups excluding carboxylic acids is 1. The van der Waals surface area contributed by atoms with Crippen molar-refractivity contribution in [3.05, 3.63) is 40.1 Å². The third kappa shape index (κ3) is 2.62. The predicted octanol–water partition coefficient (Wildman–Crippen LogP) is 2.62. The van der Waals surface area contributed by atoms with Gasteiger partial charge in [0.05, 0.1) is 10.8 Å². The molecule has 0 bridgehead atoms. The molecule has 2 aromatic rings. The summed E-state index contributed by atoms with van der Waals surface area (Å²) >= 11 is 0. The van der Waals surface area contributed by atoms with Gasteiger partial charge in [0.25, 0.3) is 5.69 Å². The molecule has 0 amide bonds. The van der Waals surface area contributed by atoms with Crippen LogP contribution in [0.2, 0.25) is 0 Å². The van der Waals surface area contributed by atoms with Crippen LogP contribution in [0.3, 0.4) is 0 Å². The summed E-state index contributed by atoms with van der Waals surface area (Å²) in [7, 11) is 0. The maximum Gasteiger partial charge on any atom is 0.306 e. The maximum atomic E-state index is 12.4. The monoisotopic (exact) mass is 290 g/mol. The number of aromatic nitrogens is 1. The van der Waals surface area contributed by atoms with Gasteiger partial charge in [-0.3, -0.25) is 19.7 Å². The zero-order chi connectivity index (χ0) is 15.7. The summed E-state index contributed by atoms with van der Waals surface area (Å²) in [5.41, 5.74) is 0.753. The molecule has 0 spiro atoms. The van der Waals surface area contributed by atoms with Crippen molar-refractivity contribution in [1.29, 1.82) is 0 Å². The Balaban J connectivity index is 2.46. The molecule has 0 saturated heterocycles. The number of aliphatic carboxylic acids is 1. The van der Waals surface area contributed by atoms with Crippen molar-refractivity contribution in [2.45, 2.75) is 13.8 Å². The van der Waals surface area contributed by atoms with Gasteiger partial charge in [-0.1, -0.05) is 13.8 Å².